The number of ether oxygens (including phenoxy) is 2. The number of para-hydroxylation sites is 1. The topological polar surface area (TPSA) is 130 Å². The van der Waals surface area contributed by atoms with Crippen LogP contribution in [0.5, 0.6) is 17.2 Å². The van der Waals surface area contributed by atoms with Gasteiger partial charge in [-0.1, -0.05) is 18.2 Å². The Balaban J connectivity index is 1.60. The molecule has 0 bridgehead atoms. The molecule has 0 unspecified atom stereocenters. The Kier molecular flexibility index (Phi) is 6.39. The Hall–Kier alpha value is -4.09. The van der Waals surface area contributed by atoms with Gasteiger partial charge in [-0.15, -0.1) is 0 Å². The molecule has 0 saturated carbocycles. The molecule has 1 atom stereocenters. The molecule has 0 saturated heterocycles. The summed E-state index contributed by atoms with van der Waals surface area (Å²) in [6.07, 6.45) is 0. The van der Waals surface area contributed by atoms with Crippen molar-refractivity contribution in [3.8, 4) is 17.2 Å². The zero-order valence-corrected chi connectivity index (χ0v) is 19.0. The minimum absolute atomic E-state index is 0.0967. The lowest BCUT2D eigenvalue weighted by molar-refractivity contribution is -0.117. The minimum atomic E-state index is -4.67. The predicted octanol–water partition coefficient (Wildman–Crippen LogP) is 4.61. The average molecular weight is 481 g/mol. The van der Waals surface area contributed by atoms with Crippen LogP contribution in [-0.2, 0) is 14.9 Å². The molecule has 0 radical (unpaired) electrons. The van der Waals surface area contributed by atoms with Crippen LogP contribution in [-0.4, -0.2) is 37.7 Å². The molecule has 0 fully saturated rings. The number of hydrogen-bond acceptors (Lipinski definition) is 8. The summed E-state index contributed by atoms with van der Waals surface area (Å²) < 4.78 is 44.5. The lowest BCUT2D eigenvalue weighted by Crippen LogP contribution is -2.29. The van der Waals surface area contributed by atoms with Crippen molar-refractivity contribution < 1.29 is 27.2 Å². The molecule has 1 amide bonds. The number of benzene rings is 3. The van der Waals surface area contributed by atoms with Crippen molar-refractivity contribution >= 4 is 33.1 Å². The Morgan fingerprint density at radius 3 is 2.35 bits per heavy atom. The zero-order valence-electron chi connectivity index (χ0n) is 18.2. The summed E-state index contributed by atoms with van der Waals surface area (Å²) in [6, 6.07) is 18.3. The number of carbonyl (C=O) groups excluding carboxylic acids is 1. The highest BCUT2D eigenvalue weighted by atomic mass is 32.2. The van der Waals surface area contributed by atoms with E-state index < -0.39 is 27.0 Å². The van der Waals surface area contributed by atoms with Crippen LogP contribution in [0.15, 0.2) is 93.0 Å². The van der Waals surface area contributed by atoms with Gasteiger partial charge in [-0.3, -0.25) is 9.35 Å². The van der Waals surface area contributed by atoms with Crippen LogP contribution in [0.4, 0.5) is 11.4 Å². The smallest absolute Gasteiger partial charge is 0.298 e. The van der Waals surface area contributed by atoms with E-state index >= 15 is 0 Å². The Labute approximate surface area is 195 Å². The van der Waals surface area contributed by atoms with Gasteiger partial charge in [-0.25, -0.2) is 0 Å². The summed E-state index contributed by atoms with van der Waals surface area (Å²) in [4.78, 5) is 12.5. The fourth-order valence-electron chi connectivity index (χ4n) is 3.18. The van der Waals surface area contributed by atoms with E-state index in [0.29, 0.717) is 22.9 Å². The van der Waals surface area contributed by atoms with Crippen LogP contribution >= 0.6 is 0 Å². The average Bonchev–Trinajstić information content (AvgIpc) is 3.11. The number of carbonyl (C=O) groups is 1. The van der Waals surface area contributed by atoms with E-state index in [4.69, 9.17) is 9.47 Å². The number of hydrazone groups is 1. The second-order valence-electron chi connectivity index (χ2n) is 7.23. The molecule has 3 aromatic carbocycles. The first kappa shape index (κ1) is 23.1. The van der Waals surface area contributed by atoms with Crippen molar-refractivity contribution in [1.29, 1.82) is 0 Å². The molecule has 4 rings (SSSR count). The van der Waals surface area contributed by atoms with Crippen molar-refractivity contribution in [2.24, 2.45) is 15.3 Å². The molecule has 0 aromatic heterocycles. The zero-order chi connectivity index (χ0) is 24.3. The van der Waals surface area contributed by atoms with Gasteiger partial charge in [0.1, 0.15) is 22.1 Å². The second kappa shape index (κ2) is 9.41. The van der Waals surface area contributed by atoms with Gasteiger partial charge in [0.25, 0.3) is 16.0 Å². The molecule has 1 aliphatic heterocycles. The van der Waals surface area contributed by atoms with Gasteiger partial charge >= 0.3 is 0 Å². The third-order valence-corrected chi connectivity index (χ3v) is 5.75. The molecule has 34 heavy (non-hydrogen) atoms. The van der Waals surface area contributed by atoms with Gasteiger partial charge in [0.05, 0.1) is 24.2 Å². The first-order valence-corrected chi connectivity index (χ1v) is 11.5. The summed E-state index contributed by atoms with van der Waals surface area (Å²) in [7, 11) is -3.11. The number of hydrogen-bond donors (Lipinski definition) is 1. The quantitative estimate of drug-likeness (QED) is 0.388. The maximum Gasteiger partial charge on any atom is 0.298 e. The van der Waals surface area contributed by atoms with E-state index in [-0.39, 0.29) is 11.4 Å². The number of methoxy groups -OCH3 is 1. The molecule has 1 heterocycles. The van der Waals surface area contributed by atoms with Crippen molar-refractivity contribution in [2.45, 2.75) is 17.9 Å². The Morgan fingerprint density at radius 2 is 1.71 bits per heavy atom. The van der Waals surface area contributed by atoms with Crippen LogP contribution in [0.2, 0.25) is 0 Å². The summed E-state index contributed by atoms with van der Waals surface area (Å²) in [5, 5.41) is 13.4. The Morgan fingerprint density at radius 1 is 1.00 bits per heavy atom. The SMILES string of the molecule is COc1ccc(N=N[C@H]2C(=O)N(c3ccc(Oc4ccccc4)c(S(=O)(=O)O)c3)N=C2C)cc1. The molecule has 11 heteroatoms. The first-order valence-electron chi connectivity index (χ1n) is 10.0. The molecule has 174 valence electrons. The van der Waals surface area contributed by atoms with E-state index in [2.05, 4.69) is 15.3 Å². The number of nitrogens with zero attached hydrogens (tertiary/aromatic N) is 4. The van der Waals surface area contributed by atoms with Crippen LogP contribution in [0, 0.1) is 0 Å². The van der Waals surface area contributed by atoms with Gasteiger partial charge in [-0.05, 0) is 61.5 Å². The van der Waals surface area contributed by atoms with Gasteiger partial charge in [0, 0.05) is 0 Å². The van der Waals surface area contributed by atoms with Crippen LogP contribution in [0.25, 0.3) is 0 Å². The summed E-state index contributed by atoms with van der Waals surface area (Å²) >= 11 is 0. The summed E-state index contributed by atoms with van der Waals surface area (Å²) in [5.41, 5.74) is 1.02. The van der Waals surface area contributed by atoms with Crippen LogP contribution in [0.1, 0.15) is 6.92 Å². The summed E-state index contributed by atoms with van der Waals surface area (Å²) in [5.74, 6) is 0.424. The normalized spacial score (nSPS) is 16.1. The van der Waals surface area contributed by atoms with Crippen molar-refractivity contribution in [3.05, 3.63) is 72.8 Å². The largest absolute Gasteiger partial charge is 0.497 e. The maximum absolute atomic E-state index is 13.0. The first-order chi connectivity index (χ1) is 16.3. The van der Waals surface area contributed by atoms with E-state index in [1.165, 1.54) is 12.1 Å². The monoisotopic (exact) mass is 480 g/mol. The van der Waals surface area contributed by atoms with E-state index in [1.54, 1.807) is 68.6 Å². The van der Waals surface area contributed by atoms with Gasteiger partial charge in [0.15, 0.2) is 6.04 Å². The standard InChI is InChI=1S/C23H20N4O6S/c1-15-22(25-24-16-8-11-18(32-2)12-9-16)23(28)27(26-15)17-10-13-20(21(14-17)34(29,30)31)33-19-6-4-3-5-7-19/h3-14,22H,1-2H3,(H,29,30,31)/t22-/m1/s1. The third-order valence-electron chi connectivity index (χ3n) is 4.88. The number of amides is 1. The summed E-state index contributed by atoms with van der Waals surface area (Å²) in [6.45, 7) is 1.62. The number of rotatable bonds is 7. The fourth-order valence-corrected chi connectivity index (χ4v) is 3.81. The lowest BCUT2D eigenvalue weighted by atomic mass is 10.2. The molecule has 1 N–H and O–H groups in total. The molecule has 10 nitrogen and oxygen atoms in total. The van der Waals surface area contributed by atoms with Gasteiger partial charge in [-0.2, -0.15) is 28.8 Å². The molecular weight excluding hydrogens is 460 g/mol. The van der Waals surface area contributed by atoms with Crippen LogP contribution in [0.3, 0.4) is 0 Å². The van der Waals surface area contributed by atoms with Crippen molar-refractivity contribution in [3.63, 3.8) is 0 Å². The predicted molar refractivity (Wildman–Crippen MR) is 125 cm³/mol. The molecule has 3 aromatic rings. The van der Waals surface area contributed by atoms with Crippen LogP contribution < -0.4 is 14.5 Å². The molecule has 1 aliphatic rings. The second-order valence-corrected chi connectivity index (χ2v) is 8.62. The van der Waals surface area contributed by atoms with Gasteiger partial charge < -0.3 is 9.47 Å². The highest BCUT2D eigenvalue weighted by Gasteiger charge is 2.35. The van der Waals surface area contributed by atoms with Crippen molar-refractivity contribution in [2.75, 3.05) is 12.1 Å². The Bertz CT molecular complexity index is 1370. The molecule has 0 spiro atoms. The number of anilines is 1. The number of azo groups is 1. The fraction of sp³-hybridized carbons (Fsp3) is 0.130. The van der Waals surface area contributed by atoms with Gasteiger partial charge in [0.2, 0.25) is 0 Å². The minimum Gasteiger partial charge on any atom is -0.497 e. The lowest BCUT2D eigenvalue weighted by Gasteiger charge is -2.15. The maximum atomic E-state index is 13.0. The highest BCUT2D eigenvalue weighted by molar-refractivity contribution is 7.86. The molecular formula is C23H20N4O6S. The van der Waals surface area contributed by atoms with Crippen molar-refractivity contribution in [1.82, 2.24) is 0 Å². The van der Waals surface area contributed by atoms with E-state index in [9.17, 15) is 17.8 Å². The molecule has 0 aliphatic carbocycles. The highest BCUT2D eigenvalue weighted by Crippen LogP contribution is 2.34. The van der Waals surface area contributed by atoms with E-state index in [1.807, 2.05) is 0 Å². The van der Waals surface area contributed by atoms with E-state index in [0.717, 1.165) is 11.1 Å². The third kappa shape index (κ3) is 4.95.